The van der Waals surface area contributed by atoms with E-state index in [-0.39, 0.29) is 18.5 Å². The summed E-state index contributed by atoms with van der Waals surface area (Å²) in [4.78, 5) is 0. The van der Waals surface area contributed by atoms with Crippen molar-refractivity contribution in [1.29, 1.82) is 0 Å². The van der Waals surface area contributed by atoms with E-state index >= 15 is 0 Å². The van der Waals surface area contributed by atoms with Gasteiger partial charge < -0.3 is 4.74 Å². The average molecular weight is 336 g/mol. The largest absolute Gasteiger partial charge is 0.353 e. The van der Waals surface area contributed by atoms with Crippen LogP contribution in [0.2, 0.25) is 0 Å². The lowest BCUT2D eigenvalue weighted by Gasteiger charge is -2.14. The van der Waals surface area contributed by atoms with Gasteiger partial charge >= 0.3 is 0 Å². The fourth-order valence-corrected chi connectivity index (χ4v) is 3.10. The van der Waals surface area contributed by atoms with Gasteiger partial charge in [0.2, 0.25) is 0 Å². The van der Waals surface area contributed by atoms with E-state index in [1.54, 1.807) is 12.1 Å². The van der Waals surface area contributed by atoms with Gasteiger partial charge in [0, 0.05) is 0 Å². The second-order valence-electron chi connectivity index (χ2n) is 5.72. The van der Waals surface area contributed by atoms with Crippen LogP contribution in [0.1, 0.15) is 22.8 Å². The minimum absolute atomic E-state index is 0.142. The van der Waals surface area contributed by atoms with E-state index in [2.05, 4.69) is 0 Å². The molecule has 0 saturated carbocycles. The first-order chi connectivity index (χ1) is 10.8. The number of hydrogen-bond donors (Lipinski definition) is 0. The normalized spacial score (nSPS) is 23.7. The molecule has 0 aliphatic carbocycles. The number of epoxide rings is 1. The van der Waals surface area contributed by atoms with Crippen molar-refractivity contribution >= 4 is 10.1 Å². The van der Waals surface area contributed by atoms with Crippen molar-refractivity contribution in [2.24, 2.45) is 0 Å². The Balaban J connectivity index is 1.96. The van der Waals surface area contributed by atoms with E-state index in [1.807, 2.05) is 31.2 Å². The molecule has 4 nitrogen and oxygen atoms in total. The van der Waals surface area contributed by atoms with Gasteiger partial charge in [-0.25, -0.2) is 4.39 Å². The van der Waals surface area contributed by atoms with E-state index in [0.717, 1.165) is 17.4 Å². The molecule has 0 N–H and O–H groups in total. The Bertz CT molecular complexity index is 817. The Hall–Kier alpha value is -1.76. The molecule has 1 heterocycles. The van der Waals surface area contributed by atoms with Crippen molar-refractivity contribution in [1.82, 2.24) is 0 Å². The quantitative estimate of drug-likeness (QED) is 0.622. The summed E-state index contributed by atoms with van der Waals surface area (Å²) >= 11 is 0. The minimum Gasteiger partial charge on any atom is -0.353 e. The third kappa shape index (κ3) is 3.29. The highest BCUT2D eigenvalue weighted by atomic mass is 32.2. The molecule has 1 fully saturated rings. The summed E-state index contributed by atoms with van der Waals surface area (Å²) in [5.41, 5.74) is 1.79. The van der Waals surface area contributed by atoms with Gasteiger partial charge in [0.25, 0.3) is 10.1 Å². The molecule has 122 valence electrons. The van der Waals surface area contributed by atoms with E-state index in [0.29, 0.717) is 5.56 Å². The number of rotatable bonds is 5. The number of aryl methyl sites for hydroxylation is 1. The first kappa shape index (κ1) is 16.1. The summed E-state index contributed by atoms with van der Waals surface area (Å²) in [6.45, 7) is 1.82. The third-order valence-corrected chi connectivity index (χ3v) is 4.53. The number of benzene rings is 2. The van der Waals surface area contributed by atoms with Crippen LogP contribution in [-0.4, -0.2) is 21.3 Å². The predicted molar refractivity (Wildman–Crippen MR) is 83.9 cm³/mol. The van der Waals surface area contributed by atoms with E-state index in [1.165, 1.54) is 12.1 Å². The topological polar surface area (TPSA) is 55.9 Å². The molecule has 1 saturated heterocycles. The Morgan fingerprint density at radius 2 is 1.83 bits per heavy atom. The van der Waals surface area contributed by atoms with Gasteiger partial charge in [-0.2, -0.15) is 8.42 Å². The highest BCUT2D eigenvalue weighted by molar-refractivity contribution is 7.85. The standard InChI is InChI=1S/C17H17FO4S/c1-12-5-3-4-6-15(12)16-17(22-16,11-21-23(2,19)20)13-7-9-14(18)10-8-13/h3-10,16H,11H2,1-2H3. The van der Waals surface area contributed by atoms with Gasteiger partial charge in [-0.05, 0) is 35.7 Å². The third-order valence-electron chi connectivity index (χ3n) is 3.99. The fourth-order valence-electron chi connectivity index (χ4n) is 2.71. The molecular weight excluding hydrogens is 319 g/mol. The molecule has 2 aromatic rings. The monoisotopic (exact) mass is 336 g/mol. The molecule has 2 unspecified atom stereocenters. The smallest absolute Gasteiger partial charge is 0.264 e. The maximum Gasteiger partial charge on any atom is 0.264 e. The Labute approximate surface area is 135 Å². The zero-order valence-corrected chi connectivity index (χ0v) is 13.6. The molecule has 2 atom stereocenters. The molecule has 0 bridgehead atoms. The highest BCUT2D eigenvalue weighted by Gasteiger charge is 2.59. The van der Waals surface area contributed by atoms with Crippen molar-refractivity contribution in [3.8, 4) is 0 Å². The van der Waals surface area contributed by atoms with Crippen LogP contribution >= 0.6 is 0 Å². The van der Waals surface area contributed by atoms with Gasteiger partial charge in [0.05, 0.1) is 6.26 Å². The SMILES string of the molecule is Cc1ccccc1C1OC1(COS(C)(=O)=O)c1ccc(F)cc1. The molecule has 1 aliphatic rings. The average Bonchev–Trinajstić information content (AvgIpc) is 3.21. The van der Waals surface area contributed by atoms with Crippen molar-refractivity contribution in [3.05, 3.63) is 71.0 Å². The molecule has 6 heteroatoms. The van der Waals surface area contributed by atoms with E-state index in [9.17, 15) is 12.8 Å². The first-order valence-corrected chi connectivity index (χ1v) is 8.97. The van der Waals surface area contributed by atoms with Crippen LogP contribution in [0.5, 0.6) is 0 Å². The van der Waals surface area contributed by atoms with Crippen LogP contribution in [-0.2, 0) is 24.6 Å². The molecule has 23 heavy (non-hydrogen) atoms. The zero-order chi connectivity index (χ0) is 16.7. The van der Waals surface area contributed by atoms with Crippen molar-refractivity contribution in [3.63, 3.8) is 0 Å². The van der Waals surface area contributed by atoms with Crippen LogP contribution in [0.4, 0.5) is 4.39 Å². The summed E-state index contributed by atoms with van der Waals surface area (Å²) in [7, 11) is -3.60. The van der Waals surface area contributed by atoms with Gasteiger partial charge in [0.15, 0.2) is 0 Å². The maximum atomic E-state index is 13.2. The summed E-state index contributed by atoms with van der Waals surface area (Å²) in [6, 6.07) is 13.6. The van der Waals surface area contributed by atoms with Crippen molar-refractivity contribution < 1.29 is 21.7 Å². The highest BCUT2D eigenvalue weighted by Crippen LogP contribution is 2.57. The van der Waals surface area contributed by atoms with Gasteiger partial charge in [-0.1, -0.05) is 36.4 Å². The lowest BCUT2D eigenvalue weighted by atomic mass is 9.91. The molecule has 0 aromatic heterocycles. The van der Waals surface area contributed by atoms with Gasteiger partial charge in [-0.3, -0.25) is 4.18 Å². The second kappa shape index (κ2) is 5.70. The van der Waals surface area contributed by atoms with Gasteiger partial charge in [-0.15, -0.1) is 0 Å². The van der Waals surface area contributed by atoms with Crippen LogP contribution in [0, 0.1) is 12.7 Å². The summed E-state index contributed by atoms with van der Waals surface area (Å²) in [5, 5.41) is 0. The molecular formula is C17H17FO4S. The summed E-state index contributed by atoms with van der Waals surface area (Å²) in [6.07, 6.45) is 0.673. The summed E-state index contributed by atoms with van der Waals surface area (Å²) in [5.74, 6) is -0.360. The first-order valence-electron chi connectivity index (χ1n) is 7.16. The lowest BCUT2D eigenvalue weighted by molar-refractivity contribution is 0.194. The number of halogens is 1. The number of ether oxygens (including phenoxy) is 1. The fraction of sp³-hybridized carbons (Fsp3) is 0.294. The number of hydrogen-bond acceptors (Lipinski definition) is 4. The van der Waals surface area contributed by atoms with E-state index < -0.39 is 15.7 Å². The van der Waals surface area contributed by atoms with Crippen LogP contribution < -0.4 is 0 Å². The van der Waals surface area contributed by atoms with Crippen LogP contribution in [0.15, 0.2) is 48.5 Å². The zero-order valence-electron chi connectivity index (χ0n) is 12.8. The molecule has 1 aliphatic heterocycles. The van der Waals surface area contributed by atoms with E-state index in [4.69, 9.17) is 8.92 Å². The van der Waals surface area contributed by atoms with Crippen molar-refractivity contribution in [2.45, 2.75) is 18.6 Å². The second-order valence-corrected chi connectivity index (χ2v) is 7.36. The molecule has 0 radical (unpaired) electrons. The lowest BCUT2D eigenvalue weighted by Crippen LogP contribution is -2.21. The van der Waals surface area contributed by atoms with Crippen molar-refractivity contribution in [2.75, 3.05) is 12.9 Å². The molecule has 0 amide bonds. The van der Waals surface area contributed by atoms with Crippen LogP contribution in [0.25, 0.3) is 0 Å². The maximum absolute atomic E-state index is 13.2. The Morgan fingerprint density at radius 1 is 1.17 bits per heavy atom. The Kier molecular flexibility index (Phi) is 4.00. The molecule has 0 spiro atoms. The summed E-state index contributed by atoms with van der Waals surface area (Å²) < 4.78 is 46.8. The minimum atomic E-state index is -3.60. The Morgan fingerprint density at radius 3 is 2.43 bits per heavy atom. The predicted octanol–water partition coefficient (Wildman–Crippen LogP) is 3.08. The van der Waals surface area contributed by atoms with Crippen LogP contribution in [0.3, 0.4) is 0 Å². The molecule has 2 aromatic carbocycles. The molecule has 3 rings (SSSR count). The van der Waals surface area contributed by atoms with Gasteiger partial charge in [0.1, 0.15) is 24.1 Å².